The lowest BCUT2D eigenvalue weighted by molar-refractivity contribution is 0.0958. The van der Waals surface area contributed by atoms with E-state index in [1.165, 1.54) is 11.3 Å². The highest BCUT2D eigenvalue weighted by atomic mass is 32.1. The van der Waals surface area contributed by atoms with Crippen molar-refractivity contribution in [3.63, 3.8) is 0 Å². The van der Waals surface area contributed by atoms with Crippen LogP contribution in [-0.2, 0) is 0 Å². The molecule has 1 N–H and O–H groups in total. The second-order valence-corrected chi connectivity index (χ2v) is 4.27. The van der Waals surface area contributed by atoms with E-state index in [1.807, 2.05) is 26.0 Å². The largest absolute Gasteiger partial charge is 0.350 e. The van der Waals surface area contributed by atoms with Crippen molar-refractivity contribution < 1.29 is 4.79 Å². The van der Waals surface area contributed by atoms with Gasteiger partial charge in [0.1, 0.15) is 0 Å². The van der Waals surface area contributed by atoms with Crippen LogP contribution in [0.5, 0.6) is 0 Å². The summed E-state index contributed by atoms with van der Waals surface area (Å²) in [6.45, 7) is 4.40. The lowest BCUT2D eigenvalue weighted by atomic mass is 10.3. The standard InChI is InChI=1S/C10H12N2OS/c1-7-6-9(14-8(7)2)10(13)12-5-3-4-11/h6H,3,5H2,1-2H3,(H,12,13). The van der Waals surface area contributed by atoms with Crippen molar-refractivity contribution in [3.05, 3.63) is 21.4 Å². The molecule has 3 nitrogen and oxygen atoms in total. The second kappa shape index (κ2) is 4.77. The predicted octanol–water partition coefficient (Wildman–Crippen LogP) is 2.01. The third-order valence-corrected chi connectivity index (χ3v) is 3.06. The highest BCUT2D eigenvalue weighted by Crippen LogP contribution is 2.20. The Morgan fingerprint density at radius 1 is 1.64 bits per heavy atom. The summed E-state index contributed by atoms with van der Waals surface area (Å²) in [4.78, 5) is 13.4. The summed E-state index contributed by atoms with van der Waals surface area (Å²) >= 11 is 1.49. The number of amides is 1. The average Bonchev–Trinajstić information content (AvgIpc) is 2.47. The fourth-order valence-electron chi connectivity index (χ4n) is 1.00. The Hall–Kier alpha value is -1.34. The van der Waals surface area contributed by atoms with Crippen molar-refractivity contribution >= 4 is 17.2 Å². The predicted molar refractivity (Wildman–Crippen MR) is 56.4 cm³/mol. The molecule has 74 valence electrons. The molecule has 1 heterocycles. The smallest absolute Gasteiger partial charge is 0.261 e. The van der Waals surface area contributed by atoms with Gasteiger partial charge in [0, 0.05) is 11.4 Å². The number of aryl methyl sites for hydroxylation is 2. The Bertz CT molecular complexity index is 356. The number of thiophene rings is 1. The van der Waals surface area contributed by atoms with Crippen LogP contribution in [0.15, 0.2) is 6.07 Å². The van der Waals surface area contributed by atoms with E-state index in [4.69, 9.17) is 5.26 Å². The first-order chi connectivity index (χ1) is 6.65. The minimum absolute atomic E-state index is 0.0820. The van der Waals surface area contributed by atoms with Crippen LogP contribution in [0.25, 0.3) is 0 Å². The molecule has 0 bridgehead atoms. The molecule has 14 heavy (non-hydrogen) atoms. The van der Waals surface area contributed by atoms with Crippen LogP contribution in [0.4, 0.5) is 0 Å². The van der Waals surface area contributed by atoms with Gasteiger partial charge in [0.2, 0.25) is 0 Å². The molecule has 0 fully saturated rings. The van der Waals surface area contributed by atoms with E-state index in [0.717, 1.165) is 15.3 Å². The highest BCUT2D eigenvalue weighted by Gasteiger charge is 2.09. The summed E-state index contributed by atoms with van der Waals surface area (Å²) < 4.78 is 0. The summed E-state index contributed by atoms with van der Waals surface area (Å²) in [7, 11) is 0. The maximum atomic E-state index is 11.5. The van der Waals surface area contributed by atoms with Crippen molar-refractivity contribution in [1.29, 1.82) is 5.26 Å². The lowest BCUT2D eigenvalue weighted by Crippen LogP contribution is -2.23. The minimum Gasteiger partial charge on any atom is -0.350 e. The molecule has 0 spiro atoms. The SMILES string of the molecule is Cc1cc(C(=O)NCCC#N)sc1C. The van der Waals surface area contributed by atoms with Crippen LogP contribution in [0.2, 0.25) is 0 Å². The van der Waals surface area contributed by atoms with Gasteiger partial charge in [-0.2, -0.15) is 5.26 Å². The topological polar surface area (TPSA) is 52.9 Å². The molecular weight excluding hydrogens is 196 g/mol. The molecule has 1 rings (SSSR count). The number of carbonyl (C=O) groups is 1. The van der Waals surface area contributed by atoms with Crippen molar-refractivity contribution in [3.8, 4) is 6.07 Å². The lowest BCUT2D eigenvalue weighted by Gasteiger charge is -1.98. The van der Waals surface area contributed by atoms with E-state index in [9.17, 15) is 4.79 Å². The molecule has 0 radical (unpaired) electrons. The third kappa shape index (κ3) is 2.57. The second-order valence-electron chi connectivity index (χ2n) is 3.01. The van der Waals surface area contributed by atoms with Gasteiger partial charge in [0.25, 0.3) is 5.91 Å². The summed E-state index contributed by atoms with van der Waals surface area (Å²) in [6.07, 6.45) is 0.356. The van der Waals surface area contributed by atoms with Crippen LogP contribution in [0.1, 0.15) is 26.5 Å². The minimum atomic E-state index is -0.0820. The van der Waals surface area contributed by atoms with E-state index in [2.05, 4.69) is 5.32 Å². The monoisotopic (exact) mass is 208 g/mol. The van der Waals surface area contributed by atoms with Gasteiger partial charge in [-0.3, -0.25) is 4.79 Å². The van der Waals surface area contributed by atoms with Gasteiger partial charge < -0.3 is 5.32 Å². The first-order valence-electron chi connectivity index (χ1n) is 4.37. The Morgan fingerprint density at radius 2 is 2.36 bits per heavy atom. The summed E-state index contributed by atoms with van der Waals surface area (Å²) in [5.41, 5.74) is 1.14. The third-order valence-electron chi connectivity index (χ3n) is 1.91. The van der Waals surface area contributed by atoms with Crippen molar-refractivity contribution in [1.82, 2.24) is 5.32 Å². The van der Waals surface area contributed by atoms with E-state index in [1.54, 1.807) is 0 Å². The van der Waals surface area contributed by atoms with Crippen LogP contribution in [0, 0.1) is 25.2 Å². The van der Waals surface area contributed by atoms with Crippen molar-refractivity contribution in [2.45, 2.75) is 20.3 Å². The molecule has 4 heteroatoms. The van der Waals surface area contributed by atoms with Crippen molar-refractivity contribution in [2.75, 3.05) is 6.54 Å². The van der Waals surface area contributed by atoms with Crippen LogP contribution >= 0.6 is 11.3 Å². The van der Waals surface area contributed by atoms with Gasteiger partial charge in [-0.1, -0.05) is 0 Å². The number of nitrogens with zero attached hydrogens (tertiary/aromatic N) is 1. The molecule has 0 saturated carbocycles. The molecule has 0 saturated heterocycles. The number of nitriles is 1. The summed E-state index contributed by atoms with van der Waals surface area (Å²) in [5, 5.41) is 11.0. The first kappa shape index (κ1) is 10.7. The summed E-state index contributed by atoms with van der Waals surface area (Å²) in [5.74, 6) is -0.0820. The van der Waals surface area contributed by atoms with Gasteiger partial charge in [0.05, 0.1) is 17.4 Å². The Kier molecular flexibility index (Phi) is 3.66. The molecule has 0 aliphatic carbocycles. The normalized spacial score (nSPS) is 9.50. The van der Waals surface area contributed by atoms with Crippen molar-refractivity contribution in [2.24, 2.45) is 0 Å². The summed E-state index contributed by atoms with van der Waals surface area (Å²) in [6, 6.07) is 3.86. The highest BCUT2D eigenvalue weighted by molar-refractivity contribution is 7.14. The molecule has 0 atom stereocenters. The molecule has 0 aromatic carbocycles. The maximum Gasteiger partial charge on any atom is 0.261 e. The Labute approximate surface area is 87.4 Å². The molecule has 1 aromatic heterocycles. The van der Waals surface area contributed by atoms with E-state index in [-0.39, 0.29) is 5.91 Å². The van der Waals surface area contributed by atoms with Crippen LogP contribution in [0.3, 0.4) is 0 Å². The fraction of sp³-hybridized carbons (Fsp3) is 0.400. The Balaban J connectivity index is 2.57. The molecule has 1 aromatic rings. The maximum absolute atomic E-state index is 11.5. The number of nitrogens with one attached hydrogen (secondary N) is 1. The number of carbonyl (C=O) groups excluding carboxylic acids is 1. The quantitative estimate of drug-likeness (QED) is 0.772. The van der Waals surface area contributed by atoms with Gasteiger partial charge in [0.15, 0.2) is 0 Å². The zero-order valence-corrected chi connectivity index (χ0v) is 9.07. The molecule has 1 amide bonds. The molecule has 0 unspecified atom stereocenters. The van der Waals surface area contributed by atoms with Gasteiger partial charge in [-0.15, -0.1) is 11.3 Å². The fourth-order valence-corrected chi connectivity index (χ4v) is 1.95. The van der Waals surface area contributed by atoms with Crippen LogP contribution in [-0.4, -0.2) is 12.5 Å². The van der Waals surface area contributed by atoms with Gasteiger partial charge in [-0.25, -0.2) is 0 Å². The van der Waals surface area contributed by atoms with E-state index in [0.29, 0.717) is 13.0 Å². The van der Waals surface area contributed by atoms with Gasteiger partial charge in [-0.05, 0) is 25.5 Å². The zero-order chi connectivity index (χ0) is 10.6. The Morgan fingerprint density at radius 3 is 2.86 bits per heavy atom. The number of rotatable bonds is 3. The van der Waals surface area contributed by atoms with E-state index < -0.39 is 0 Å². The van der Waals surface area contributed by atoms with E-state index >= 15 is 0 Å². The average molecular weight is 208 g/mol. The zero-order valence-electron chi connectivity index (χ0n) is 8.26. The molecular formula is C10H12N2OS. The number of hydrogen-bond acceptors (Lipinski definition) is 3. The molecule has 0 aliphatic rings. The number of hydrogen-bond donors (Lipinski definition) is 1. The first-order valence-corrected chi connectivity index (χ1v) is 5.19. The van der Waals surface area contributed by atoms with Crippen LogP contribution < -0.4 is 5.32 Å². The van der Waals surface area contributed by atoms with Gasteiger partial charge >= 0.3 is 0 Å². The molecule has 0 aliphatic heterocycles.